The van der Waals surface area contributed by atoms with Gasteiger partial charge in [0.05, 0.1) is 17.8 Å². The van der Waals surface area contributed by atoms with E-state index in [2.05, 4.69) is 35.6 Å². The molecule has 2 rings (SSSR count). The second-order valence-corrected chi connectivity index (χ2v) is 5.03. The number of hydrogen-bond acceptors (Lipinski definition) is 3. The van der Waals surface area contributed by atoms with Crippen LogP contribution in [0.5, 0.6) is 0 Å². The molecule has 0 atom stereocenters. The molecule has 1 aromatic rings. The predicted molar refractivity (Wildman–Crippen MR) is 63.5 cm³/mol. The highest BCUT2D eigenvalue weighted by atomic mass is 16.5. The number of fused-ring (bicyclic) bond motifs is 1. The van der Waals surface area contributed by atoms with E-state index < -0.39 is 0 Å². The minimum atomic E-state index is -0.135. The summed E-state index contributed by atoms with van der Waals surface area (Å²) in [5.41, 5.74) is 2.45. The Morgan fingerprint density at radius 3 is 2.94 bits per heavy atom. The van der Waals surface area contributed by atoms with Crippen molar-refractivity contribution in [2.45, 2.75) is 45.9 Å². The van der Waals surface area contributed by atoms with Crippen LogP contribution in [0.1, 0.15) is 31.1 Å². The molecule has 0 unspecified atom stereocenters. The van der Waals surface area contributed by atoms with E-state index in [1.54, 1.807) is 7.11 Å². The molecule has 90 valence electrons. The van der Waals surface area contributed by atoms with E-state index in [0.717, 1.165) is 31.9 Å². The number of methoxy groups -OCH3 is 1. The highest BCUT2D eigenvalue weighted by Crippen LogP contribution is 2.20. The molecule has 4 heteroatoms. The fourth-order valence-electron chi connectivity index (χ4n) is 2.16. The van der Waals surface area contributed by atoms with Gasteiger partial charge < -0.3 is 14.6 Å². The molecule has 0 saturated carbocycles. The van der Waals surface area contributed by atoms with E-state index in [1.807, 2.05) is 0 Å². The number of hydrogen-bond donors (Lipinski definition) is 1. The van der Waals surface area contributed by atoms with Crippen molar-refractivity contribution in [2.24, 2.45) is 0 Å². The van der Waals surface area contributed by atoms with Crippen LogP contribution in [0.4, 0.5) is 0 Å². The lowest BCUT2D eigenvalue weighted by Gasteiger charge is -2.26. The number of nitrogens with one attached hydrogen (secondary N) is 1. The summed E-state index contributed by atoms with van der Waals surface area (Å²) in [5.74, 6) is 1.10. The summed E-state index contributed by atoms with van der Waals surface area (Å²) in [6.07, 6.45) is 1.07. The lowest BCUT2D eigenvalue weighted by atomic mass is 10.1. The van der Waals surface area contributed by atoms with Gasteiger partial charge in [0.15, 0.2) is 0 Å². The highest BCUT2D eigenvalue weighted by Gasteiger charge is 2.23. The first-order chi connectivity index (χ1) is 7.53. The molecule has 4 nitrogen and oxygen atoms in total. The van der Waals surface area contributed by atoms with Gasteiger partial charge in [-0.1, -0.05) is 0 Å². The molecule has 16 heavy (non-hydrogen) atoms. The Balaban J connectivity index is 2.30. The summed E-state index contributed by atoms with van der Waals surface area (Å²) in [7, 11) is 1.76. The van der Waals surface area contributed by atoms with Crippen LogP contribution in [0.25, 0.3) is 0 Å². The van der Waals surface area contributed by atoms with Gasteiger partial charge in [0.1, 0.15) is 5.82 Å². The van der Waals surface area contributed by atoms with Crippen molar-refractivity contribution in [2.75, 3.05) is 13.7 Å². The zero-order chi connectivity index (χ0) is 11.8. The lowest BCUT2D eigenvalue weighted by molar-refractivity contribution is 0.00707. The van der Waals surface area contributed by atoms with Crippen molar-refractivity contribution in [3.05, 3.63) is 17.2 Å². The maximum atomic E-state index is 5.49. The van der Waals surface area contributed by atoms with E-state index >= 15 is 0 Å². The molecule has 1 aromatic heterocycles. The minimum Gasteiger partial charge on any atom is -0.377 e. The van der Waals surface area contributed by atoms with E-state index in [4.69, 9.17) is 4.74 Å². The SMILES string of the molecule is COC(C)(C)Cn1c(C)nc2c1CCNC2. The Bertz CT molecular complexity index is 382. The van der Waals surface area contributed by atoms with Crippen LogP contribution in [0.3, 0.4) is 0 Å². The van der Waals surface area contributed by atoms with Crippen LogP contribution in [0.15, 0.2) is 0 Å². The van der Waals surface area contributed by atoms with Crippen LogP contribution in [-0.2, 0) is 24.2 Å². The second kappa shape index (κ2) is 4.18. The van der Waals surface area contributed by atoms with Gasteiger partial charge in [-0.05, 0) is 20.8 Å². The first-order valence-electron chi connectivity index (χ1n) is 5.84. The summed E-state index contributed by atoms with van der Waals surface area (Å²) < 4.78 is 7.80. The number of aromatic nitrogens is 2. The third-order valence-corrected chi connectivity index (χ3v) is 3.27. The molecule has 0 amide bonds. The molecule has 0 bridgehead atoms. The first-order valence-corrected chi connectivity index (χ1v) is 5.84. The Labute approximate surface area is 97.0 Å². The molecule has 0 fully saturated rings. The molecule has 0 aliphatic carbocycles. The molecule has 0 spiro atoms. The largest absolute Gasteiger partial charge is 0.377 e. The zero-order valence-electron chi connectivity index (χ0n) is 10.6. The molecule has 0 aromatic carbocycles. The van der Waals surface area contributed by atoms with Gasteiger partial charge >= 0.3 is 0 Å². The number of imidazole rings is 1. The van der Waals surface area contributed by atoms with Crippen molar-refractivity contribution < 1.29 is 4.74 Å². The zero-order valence-corrected chi connectivity index (χ0v) is 10.6. The average molecular weight is 223 g/mol. The van der Waals surface area contributed by atoms with Gasteiger partial charge in [0.2, 0.25) is 0 Å². The number of nitrogens with zero attached hydrogens (tertiary/aromatic N) is 2. The van der Waals surface area contributed by atoms with Gasteiger partial charge in [0.25, 0.3) is 0 Å². The van der Waals surface area contributed by atoms with E-state index in [9.17, 15) is 0 Å². The average Bonchev–Trinajstić information content (AvgIpc) is 2.56. The predicted octanol–water partition coefficient (Wildman–Crippen LogP) is 1.26. The minimum absolute atomic E-state index is 0.135. The Hall–Kier alpha value is -0.870. The normalized spacial score (nSPS) is 16.2. The highest BCUT2D eigenvalue weighted by molar-refractivity contribution is 5.20. The number of rotatable bonds is 3. The molecular formula is C12H21N3O. The van der Waals surface area contributed by atoms with E-state index in [1.165, 1.54) is 11.4 Å². The Kier molecular flexibility index (Phi) is 3.04. The van der Waals surface area contributed by atoms with Gasteiger partial charge in [-0.15, -0.1) is 0 Å². The topological polar surface area (TPSA) is 39.1 Å². The van der Waals surface area contributed by atoms with Gasteiger partial charge in [0, 0.05) is 32.3 Å². The molecule has 1 aliphatic rings. The molecule has 2 heterocycles. The van der Waals surface area contributed by atoms with Gasteiger partial charge in [-0.25, -0.2) is 4.98 Å². The van der Waals surface area contributed by atoms with Crippen LogP contribution in [0, 0.1) is 6.92 Å². The molecule has 1 aliphatic heterocycles. The fraction of sp³-hybridized carbons (Fsp3) is 0.750. The summed E-state index contributed by atoms with van der Waals surface area (Å²) in [4.78, 5) is 4.61. The van der Waals surface area contributed by atoms with Crippen molar-refractivity contribution in [1.29, 1.82) is 0 Å². The lowest BCUT2D eigenvalue weighted by Crippen LogP contribution is -2.32. The fourth-order valence-corrected chi connectivity index (χ4v) is 2.16. The number of ether oxygens (including phenoxy) is 1. The summed E-state index contributed by atoms with van der Waals surface area (Å²) in [6, 6.07) is 0. The van der Waals surface area contributed by atoms with E-state index in [-0.39, 0.29) is 5.60 Å². The van der Waals surface area contributed by atoms with Crippen LogP contribution < -0.4 is 5.32 Å². The summed E-state index contributed by atoms with van der Waals surface area (Å²) in [5, 5.41) is 3.35. The second-order valence-electron chi connectivity index (χ2n) is 5.03. The van der Waals surface area contributed by atoms with Crippen molar-refractivity contribution >= 4 is 0 Å². The Morgan fingerprint density at radius 1 is 1.50 bits per heavy atom. The third-order valence-electron chi connectivity index (χ3n) is 3.27. The summed E-state index contributed by atoms with van der Waals surface area (Å²) in [6.45, 7) is 9.11. The molecule has 1 N–H and O–H groups in total. The van der Waals surface area contributed by atoms with Gasteiger partial charge in [-0.3, -0.25) is 0 Å². The van der Waals surface area contributed by atoms with Crippen LogP contribution >= 0.6 is 0 Å². The standard InChI is InChI=1S/C12H21N3O/c1-9-14-10-7-13-6-5-11(10)15(9)8-12(2,3)16-4/h13H,5-8H2,1-4H3. The number of aryl methyl sites for hydroxylation is 1. The smallest absolute Gasteiger partial charge is 0.106 e. The Morgan fingerprint density at radius 2 is 2.25 bits per heavy atom. The van der Waals surface area contributed by atoms with Crippen molar-refractivity contribution in [3.8, 4) is 0 Å². The molecule has 0 radical (unpaired) electrons. The van der Waals surface area contributed by atoms with Crippen LogP contribution in [-0.4, -0.2) is 28.8 Å². The first kappa shape index (κ1) is 11.6. The maximum absolute atomic E-state index is 5.49. The monoisotopic (exact) mass is 223 g/mol. The van der Waals surface area contributed by atoms with Crippen molar-refractivity contribution in [3.63, 3.8) is 0 Å². The van der Waals surface area contributed by atoms with Gasteiger partial charge in [-0.2, -0.15) is 0 Å². The van der Waals surface area contributed by atoms with Crippen LogP contribution in [0.2, 0.25) is 0 Å². The third kappa shape index (κ3) is 2.13. The van der Waals surface area contributed by atoms with Crippen molar-refractivity contribution in [1.82, 2.24) is 14.9 Å². The summed E-state index contributed by atoms with van der Waals surface area (Å²) >= 11 is 0. The maximum Gasteiger partial charge on any atom is 0.106 e. The van der Waals surface area contributed by atoms with E-state index in [0.29, 0.717) is 0 Å². The quantitative estimate of drug-likeness (QED) is 0.838. The molecule has 0 saturated heterocycles. The molecular weight excluding hydrogens is 202 g/mol.